The number of rotatable bonds is 6. The number of anilines is 1. The summed E-state index contributed by atoms with van der Waals surface area (Å²) in [7, 11) is 1.61. The first-order valence-corrected chi connectivity index (χ1v) is 8.87. The summed E-state index contributed by atoms with van der Waals surface area (Å²) < 4.78 is 6.91. The van der Waals surface area contributed by atoms with Crippen LogP contribution in [0.1, 0.15) is 30.1 Å². The van der Waals surface area contributed by atoms with Crippen LogP contribution in [0.4, 0.5) is 5.69 Å². The van der Waals surface area contributed by atoms with Gasteiger partial charge < -0.3 is 19.7 Å². The van der Waals surface area contributed by atoms with Crippen molar-refractivity contribution in [1.29, 1.82) is 0 Å². The van der Waals surface area contributed by atoms with Crippen LogP contribution in [-0.2, 0) is 7.05 Å². The number of unbranched alkanes of at least 4 members (excludes halogenated alkanes) is 1. The van der Waals surface area contributed by atoms with E-state index in [2.05, 4.69) is 5.32 Å². The van der Waals surface area contributed by atoms with Crippen molar-refractivity contribution in [3.8, 4) is 11.5 Å². The molecule has 0 aliphatic rings. The zero-order chi connectivity index (χ0) is 19.4. The molecule has 6 nitrogen and oxygen atoms in total. The van der Waals surface area contributed by atoms with Gasteiger partial charge in [-0.1, -0.05) is 31.5 Å². The van der Waals surface area contributed by atoms with Gasteiger partial charge in [0.25, 0.3) is 11.5 Å². The lowest BCUT2D eigenvalue weighted by Gasteiger charge is -2.14. The molecule has 0 spiro atoms. The molecule has 0 aliphatic heterocycles. The smallest absolute Gasteiger partial charge is 0.297 e. The van der Waals surface area contributed by atoms with Crippen molar-refractivity contribution in [2.75, 3.05) is 11.9 Å². The van der Waals surface area contributed by atoms with E-state index in [1.165, 1.54) is 4.57 Å². The van der Waals surface area contributed by atoms with Gasteiger partial charge in [-0.15, -0.1) is 0 Å². The molecular formula is C21H22N2O4. The highest BCUT2D eigenvalue weighted by molar-refractivity contribution is 6.05. The van der Waals surface area contributed by atoms with Gasteiger partial charge in [0.2, 0.25) is 5.75 Å². The lowest BCUT2D eigenvalue weighted by Crippen LogP contribution is -2.20. The standard InChI is InChI=1S/C21H22N2O4/c1-3-4-12-27-19-18(24)16-11-10-15(13-17(16)23(2)21(19)26)22-20(25)14-8-6-5-7-9-14/h5-11,13,24H,3-4,12H2,1-2H3,(H,22,25). The second-order valence-corrected chi connectivity index (χ2v) is 6.30. The van der Waals surface area contributed by atoms with Crippen molar-refractivity contribution in [3.05, 3.63) is 64.4 Å². The van der Waals surface area contributed by atoms with Gasteiger partial charge in [-0.05, 0) is 36.8 Å². The highest BCUT2D eigenvalue weighted by Crippen LogP contribution is 2.32. The first-order valence-electron chi connectivity index (χ1n) is 8.87. The molecule has 0 atom stereocenters. The Morgan fingerprint density at radius 1 is 1.19 bits per heavy atom. The van der Waals surface area contributed by atoms with Crippen molar-refractivity contribution >= 4 is 22.5 Å². The number of fused-ring (bicyclic) bond motifs is 1. The molecular weight excluding hydrogens is 344 g/mol. The number of benzene rings is 2. The Morgan fingerprint density at radius 2 is 1.93 bits per heavy atom. The van der Waals surface area contributed by atoms with E-state index in [9.17, 15) is 14.7 Å². The maximum Gasteiger partial charge on any atom is 0.297 e. The van der Waals surface area contributed by atoms with Crippen LogP contribution >= 0.6 is 0 Å². The molecule has 2 N–H and O–H groups in total. The van der Waals surface area contributed by atoms with Gasteiger partial charge in [-0.2, -0.15) is 0 Å². The minimum atomic E-state index is -0.414. The molecule has 3 aromatic rings. The topological polar surface area (TPSA) is 80.6 Å². The van der Waals surface area contributed by atoms with Crippen LogP contribution in [0, 0.1) is 0 Å². The summed E-state index contributed by atoms with van der Waals surface area (Å²) >= 11 is 0. The summed E-state index contributed by atoms with van der Waals surface area (Å²) in [6.45, 7) is 2.39. The van der Waals surface area contributed by atoms with Gasteiger partial charge in [0, 0.05) is 23.7 Å². The van der Waals surface area contributed by atoms with Gasteiger partial charge in [-0.3, -0.25) is 9.59 Å². The molecule has 0 aliphatic carbocycles. The molecule has 27 heavy (non-hydrogen) atoms. The molecule has 140 valence electrons. The Balaban J connectivity index is 1.96. The van der Waals surface area contributed by atoms with Crippen molar-refractivity contribution in [2.24, 2.45) is 7.05 Å². The third-order valence-corrected chi connectivity index (χ3v) is 4.37. The second kappa shape index (κ2) is 7.95. The van der Waals surface area contributed by atoms with Crippen molar-refractivity contribution in [1.82, 2.24) is 4.57 Å². The Bertz CT molecular complexity index is 1030. The fourth-order valence-electron chi connectivity index (χ4n) is 2.81. The fraction of sp³-hybridized carbons (Fsp3) is 0.238. The number of carbonyl (C=O) groups excluding carboxylic acids is 1. The van der Waals surface area contributed by atoms with Crippen molar-refractivity contribution in [2.45, 2.75) is 19.8 Å². The molecule has 0 bridgehead atoms. The maximum absolute atomic E-state index is 12.5. The number of hydrogen-bond acceptors (Lipinski definition) is 4. The number of nitrogens with one attached hydrogen (secondary N) is 1. The number of hydrogen-bond donors (Lipinski definition) is 2. The Labute approximate surface area is 157 Å². The van der Waals surface area contributed by atoms with E-state index in [4.69, 9.17) is 4.74 Å². The number of ether oxygens (including phenoxy) is 1. The van der Waals surface area contributed by atoms with Crippen LogP contribution in [0.15, 0.2) is 53.3 Å². The Kier molecular flexibility index (Phi) is 5.45. The molecule has 0 saturated carbocycles. The van der Waals surface area contributed by atoms with Gasteiger partial charge in [-0.25, -0.2) is 0 Å². The quantitative estimate of drug-likeness (QED) is 0.652. The van der Waals surface area contributed by atoms with Gasteiger partial charge in [0.1, 0.15) is 0 Å². The van der Waals surface area contributed by atoms with Crippen molar-refractivity contribution in [3.63, 3.8) is 0 Å². The average molecular weight is 366 g/mol. The summed E-state index contributed by atoms with van der Waals surface area (Å²) in [4.78, 5) is 24.9. The van der Waals surface area contributed by atoms with E-state index in [1.807, 2.05) is 13.0 Å². The molecule has 0 saturated heterocycles. The third kappa shape index (κ3) is 3.79. The van der Waals surface area contributed by atoms with E-state index in [-0.39, 0.29) is 17.4 Å². The zero-order valence-electron chi connectivity index (χ0n) is 15.4. The van der Waals surface area contributed by atoms with E-state index in [0.717, 1.165) is 12.8 Å². The number of pyridine rings is 1. The van der Waals surface area contributed by atoms with Crippen molar-refractivity contribution < 1.29 is 14.6 Å². The largest absolute Gasteiger partial charge is 0.504 e. The molecule has 1 heterocycles. The van der Waals surface area contributed by atoms with Crippen LogP contribution in [0.25, 0.3) is 10.9 Å². The minimum absolute atomic E-state index is 0.0421. The first-order chi connectivity index (χ1) is 13.0. The fourth-order valence-corrected chi connectivity index (χ4v) is 2.81. The van der Waals surface area contributed by atoms with Gasteiger partial charge in [0.15, 0.2) is 5.75 Å². The van der Waals surface area contributed by atoms with E-state index in [0.29, 0.717) is 28.8 Å². The number of nitrogens with zero attached hydrogens (tertiary/aromatic N) is 1. The number of aryl methyl sites for hydroxylation is 1. The molecule has 0 unspecified atom stereocenters. The molecule has 2 aromatic carbocycles. The predicted octanol–water partition coefficient (Wildman–Crippen LogP) is 3.68. The SMILES string of the molecule is CCCCOc1c(O)c2ccc(NC(=O)c3ccccc3)cc2n(C)c1=O. The number of amides is 1. The average Bonchev–Trinajstić information content (AvgIpc) is 2.69. The minimum Gasteiger partial charge on any atom is -0.504 e. The summed E-state index contributed by atoms with van der Waals surface area (Å²) in [6, 6.07) is 13.9. The zero-order valence-corrected chi connectivity index (χ0v) is 15.4. The highest BCUT2D eigenvalue weighted by Gasteiger charge is 2.17. The number of carbonyl (C=O) groups is 1. The number of aromatic nitrogens is 1. The van der Waals surface area contributed by atoms with E-state index < -0.39 is 5.56 Å². The Hall–Kier alpha value is -3.28. The molecule has 6 heteroatoms. The summed E-state index contributed by atoms with van der Waals surface area (Å²) in [6.07, 6.45) is 1.73. The molecule has 3 rings (SSSR count). The second-order valence-electron chi connectivity index (χ2n) is 6.30. The summed E-state index contributed by atoms with van der Waals surface area (Å²) in [5, 5.41) is 13.8. The van der Waals surface area contributed by atoms with Crippen LogP contribution in [0.5, 0.6) is 11.5 Å². The van der Waals surface area contributed by atoms with E-state index >= 15 is 0 Å². The van der Waals surface area contributed by atoms with Crippen LogP contribution < -0.4 is 15.6 Å². The van der Waals surface area contributed by atoms with E-state index in [1.54, 1.807) is 49.5 Å². The molecule has 0 radical (unpaired) electrons. The Morgan fingerprint density at radius 3 is 2.63 bits per heavy atom. The maximum atomic E-state index is 12.5. The summed E-state index contributed by atoms with van der Waals surface area (Å²) in [5.74, 6) is -0.464. The molecule has 1 aromatic heterocycles. The summed E-state index contributed by atoms with van der Waals surface area (Å²) in [5.41, 5.74) is 1.16. The van der Waals surface area contributed by atoms with Gasteiger partial charge >= 0.3 is 0 Å². The van der Waals surface area contributed by atoms with Crippen LogP contribution in [0.2, 0.25) is 0 Å². The first kappa shape index (κ1) is 18.5. The van der Waals surface area contributed by atoms with Crippen LogP contribution in [-0.4, -0.2) is 22.2 Å². The third-order valence-electron chi connectivity index (χ3n) is 4.37. The predicted molar refractivity (Wildman–Crippen MR) is 106 cm³/mol. The normalized spacial score (nSPS) is 10.7. The lowest BCUT2D eigenvalue weighted by molar-refractivity contribution is 0.102. The highest BCUT2D eigenvalue weighted by atomic mass is 16.5. The molecule has 1 amide bonds. The monoisotopic (exact) mass is 366 g/mol. The van der Waals surface area contributed by atoms with Crippen LogP contribution in [0.3, 0.4) is 0 Å². The van der Waals surface area contributed by atoms with Gasteiger partial charge in [0.05, 0.1) is 12.1 Å². The lowest BCUT2D eigenvalue weighted by atomic mass is 10.1. The number of aromatic hydroxyl groups is 1. The molecule has 0 fully saturated rings.